The molecule has 0 spiro atoms. The fraction of sp³-hybridized carbons (Fsp3) is 0.222. The number of aromatic nitrogens is 2. The first kappa shape index (κ1) is 15.1. The molecule has 0 radical (unpaired) electrons. The molecule has 3 rings (SSSR count). The normalized spacial score (nSPS) is 10.9. The van der Waals surface area contributed by atoms with Gasteiger partial charge in [0, 0.05) is 19.2 Å². The summed E-state index contributed by atoms with van der Waals surface area (Å²) in [6.45, 7) is 4.64. The van der Waals surface area contributed by atoms with E-state index in [1.165, 1.54) is 11.1 Å². The van der Waals surface area contributed by atoms with Crippen molar-refractivity contribution in [3.63, 3.8) is 0 Å². The van der Waals surface area contributed by atoms with Crippen LogP contribution < -0.4 is 5.69 Å². The van der Waals surface area contributed by atoms with Crippen LogP contribution in [0.25, 0.3) is 11.0 Å². The van der Waals surface area contributed by atoms with Gasteiger partial charge in [0.05, 0.1) is 11.0 Å². The molecular weight excluding hydrogens is 290 g/mol. The van der Waals surface area contributed by atoms with E-state index in [1.807, 2.05) is 13.8 Å². The zero-order valence-corrected chi connectivity index (χ0v) is 13.4. The lowest BCUT2D eigenvalue weighted by Gasteiger charge is -2.19. The summed E-state index contributed by atoms with van der Waals surface area (Å²) >= 11 is 0. The third-order valence-corrected chi connectivity index (χ3v) is 4.02. The Labute approximate surface area is 134 Å². The summed E-state index contributed by atoms with van der Waals surface area (Å²) in [4.78, 5) is 31.0. The SMILES string of the molecule is Cc1ccc(C)c(CN(C)C(=O)c2ccc3[nH]c(=O)[nH]c3c2)c1. The number of nitrogens with one attached hydrogen (secondary N) is 2. The number of hydrogen-bond acceptors (Lipinski definition) is 2. The lowest BCUT2D eigenvalue weighted by molar-refractivity contribution is 0.0785. The van der Waals surface area contributed by atoms with Crippen molar-refractivity contribution >= 4 is 16.9 Å². The quantitative estimate of drug-likeness (QED) is 0.781. The molecule has 0 aliphatic heterocycles. The van der Waals surface area contributed by atoms with Crippen LogP contribution in [0.3, 0.4) is 0 Å². The van der Waals surface area contributed by atoms with E-state index < -0.39 is 0 Å². The summed E-state index contributed by atoms with van der Waals surface area (Å²) < 4.78 is 0. The lowest BCUT2D eigenvalue weighted by Crippen LogP contribution is -2.26. The number of imidazole rings is 1. The van der Waals surface area contributed by atoms with Gasteiger partial charge in [-0.05, 0) is 43.2 Å². The van der Waals surface area contributed by atoms with E-state index in [2.05, 4.69) is 28.2 Å². The largest absolute Gasteiger partial charge is 0.337 e. The van der Waals surface area contributed by atoms with E-state index in [4.69, 9.17) is 0 Å². The minimum absolute atomic E-state index is 0.0742. The fourth-order valence-electron chi connectivity index (χ4n) is 2.68. The molecule has 118 valence electrons. The van der Waals surface area contributed by atoms with Crippen LogP contribution in [0.5, 0.6) is 0 Å². The number of rotatable bonds is 3. The molecule has 2 aromatic carbocycles. The predicted molar refractivity (Wildman–Crippen MR) is 90.6 cm³/mol. The molecule has 1 heterocycles. The van der Waals surface area contributed by atoms with E-state index in [0.717, 1.165) is 5.56 Å². The van der Waals surface area contributed by atoms with Gasteiger partial charge >= 0.3 is 5.69 Å². The fourth-order valence-corrected chi connectivity index (χ4v) is 2.68. The summed E-state index contributed by atoms with van der Waals surface area (Å²) in [5.41, 5.74) is 5.11. The van der Waals surface area contributed by atoms with Crippen molar-refractivity contribution in [1.29, 1.82) is 0 Å². The molecule has 0 aliphatic carbocycles. The Hall–Kier alpha value is -2.82. The van der Waals surface area contributed by atoms with Crippen molar-refractivity contribution in [2.24, 2.45) is 0 Å². The molecule has 3 aromatic rings. The molecule has 2 N–H and O–H groups in total. The summed E-state index contributed by atoms with van der Waals surface area (Å²) in [7, 11) is 1.79. The van der Waals surface area contributed by atoms with Crippen LogP contribution in [-0.4, -0.2) is 27.8 Å². The molecule has 0 unspecified atom stereocenters. The first-order chi connectivity index (χ1) is 10.9. The summed E-state index contributed by atoms with van der Waals surface area (Å²) in [5, 5.41) is 0. The number of fused-ring (bicyclic) bond motifs is 1. The second-order valence-corrected chi connectivity index (χ2v) is 5.93. The van der Waals surface area contributed by atoms with Gasteiger partial charge in [0.2, 0.25) is 0 Å². The van der Waals surface area contributed by atoms with Gasteiger partial charge in [-0.1, -0.05) is 23.8 Å². The Kier molecular flexibility index (Phi) is 3.78. The van der Waals surface area contributed by atoms with E-state index in [-0.39, 0.29) is 11.6 Å². The van der Waals surface area contributed by atoms with E-state index in [1.54, 1.807) is 30.1 Å². The number of amides is 1. The highest BCUT2D eigenvalue weighted by Gasteiger charge is 2.14. The zero-order valence-electron chi connectivity index (χ0n) is 13.4. The monoisotopic (exact) mass is 309 g/mol. The van der Waals surface area contributed by atoms with Crippen molar-refractivity contribution in [3.8, 4) is 0 Å². The number of H-pyrrole nitrogens is 2. The molecule has 0 fully saturated rings. The summed E-state index contributed by atoms with van der Waals surface area (Å²) in [5.74, 6) is -0.0742. The zero-order chi connectivity index (χ0) is 16.6. The first-order valence-electron chi connectivity index (χ1n) is 7.47. The van der Waals surface area contributed by atoms with E-state index in [9.17, 15) is 9.59 Å². The van der Waals surface area contributed by atoms with E-state index >= 15 is 0 Å². The molecular formula is C18H19N3O2. The molecule has 1 aromatic heterocycles. The standard InChI is InChI=1S/C18H19N3O2/c1-11-4-5-12(2)14(8-11)10-21(3)17(22)13-6-7-15-16(9-13)20-18(23)19-15/h4-9H,10H2,1-3H3,(H2,19,20,23). The first-order valence-corrected chi connectivity index (χ1v) is 7.47. The maximum Gasteiger partial charge on any atom is 0.323 e. The number of carbonyl (C=O) groups is 1. The van der Waals surface area contributed by atoms with Gasteiger partial charge in [-0.2, -0.15) is 0 Å². The topological polar surface area (TPSA) is 69.0 Å². The van der Waals surface area contributed by atoms with Crippen molar-refractivity contribution in [2.75, 3.05) is 7.05 Å². The number of nitrogens with zero attached hydrogens (tertiary/aromatic N) is 1. The Morgan fingerprint density at radius 2 is 1.78 bits per heavy atom. The predicted octanol–water partition coefficient (Wildman–Crippen LogP) is 2.75. The average Bonchev–Trinajstić information content (AvgIpc) is 2.89. The summed E-state index contributed by atoms with van der Waals surface area (Å²) in [6, 6.07) is 11.4. The molecule has 23 heavy (non-hydrogen) atoms. The highest BCUT2D eigenvalue weighted by molar-refractivity contribution is 5.97. The molecule has 1 amide bonds. The van der Waals surface area contributed by atoms with Crippen molar-refractivity contribution in [2.45, 2.75) is 20.4 Å². The van der Waals surface area contributed by atoms with Crippen molar-refractivity contribution < 1.29 is 4.79 Å². The Morgan fingerprint density at radius 3 is 2.57 bits per heavy atom. The molecule has 0 saturated carbocycles. The highest BCUT2D eigenvalue weighted by Crippen LogP contribution is 2.16. The Bertz CT molecular complexity index is 937. The molecule has 0 saturated heterocycles. The van der Waals surface area contributed by atoms with Crippen LogP contribution in [0, 0.1) is 13.8 Å². The maximum absolute atomic E-state index is 12.6. The molecule has 0 atom stereocenters. The van der Waals surface area contributed by atoms with E-state index in [0.29, 0.717) is 23.1 Å². The third-order valence-electron chi connectivity index (χ3n) is 4.02. The van der Waals surface area contributed by atoms with Crippen molar-refractivity contribution in [3.05, 3.63) is 69.1 Å². The molecule has 5 nitrogen and oxygen atoms in total. The van der Waals surface area contributed by atoms with Crippen LogP contribution in [0.15, 0.2) is 41.2 Å². The van der Waals surface area contributed by atoms with Gasteiger partial charge in [0.15, 0.2) is 0 Å². The van der Waals surface area contributed by atoms with Gasteiger partial charge in [0.1, 0.15) is 0 Å². The minimum Gasteiger partial charge on any atom is -0.337 e. The van der Waals surface area contributed by atoms with Gasteiger partial charge in [-0.3, -0.25) is 4.79 Å². The van der Waals surface area contributed by atoms with Crippen molar-refractivity contribution in [1.82, 2.24) is 14.9 Å². The number of benzene rings is 2. The Morgan fingerprint density at radius 1 is 1.04 bits per heavy atom. The van der Waals surface area contributed by atoms with Gasteiger partial charge in [-0.15, -0.1) is 0 Å². The van der Waals surface area contributed by atoms with Crippen LogP contribution in [-0.2, 0) is 6.54 Å². The van der Waals surface area contributed by atoms with Crippen LogP contribution in [0.4, 0.5) is 0 Å². The average molecular weight is 309 g/mol. The smallest absolute Gasteiger partial charge is 0.323 e. The van der Waals surface area contributed by atoms with Gasteiger partial charge in [0.25, 0.3) is 5.91 Å². The summed E-state index contributed by atoms with van der Waals surface area (Å²) in [6.07, 6.45) is 0. The highest BCUT2D eigenvalue weighted by atomic mass is 16.2. The number of carbonyl (C=O) groups excluding carboxylic acids is 1. The Balaban J connectivity index is 1.85. The van der Waals surface area contributed by atoms with Crippen LogP contribution in [0.1, 0.15) is 27.0 Å². The van der Waals surface area contributed by atoms with Gasteiger partial charge < -0.3 is 14.9 Å². The molecule has 5 heteroatoms. The van der Waals surface area contributed by atoms with Crippen LogP contribution in [0.2, 0.25) is 0 Å². The van der Waals surface area contributed by atoms with Crippen LogP contribution >= 0.6 is 0 Å². The number of hydrogen-bond donors (Lipinski definition) is 2. The van der Waals surface area contributed by atoms with Gasteiger partial charge in [-0.25, -0.2) is 4.79 Å². The third kappa shape index (κ3) is 3.04. The molecule has 0 aliphatic rings. The second-order valence-electron chi connectivity index (χ2n) is 5.93. The minimum atomic E-state index is -0.270. The maximum atomic E-state index is 12.6. The molecule has 0 bridgehead atoms. The second kappa shape index (κ2) is 5.76. The number of aryl methyl sites for hydroxylation is 2. The number of aromatic amines is 2. The lowest BCUT2D eigenvalue weighted by atomic mass is 10.0.